The third-order valence-corrected chi connectivity index (χ3v) is 4.46. The van der Waals surface area contributed by atoms with Gasteiger partial charge >= 0.3 is 0 Å². The molecule has 0 unspecified atom stereocenters. The summed E-state index contributed by atoms with van der Waals surface area (Å²) in [5.74, 6) is 0.151. The van der Waals surface area contributed by atoms with Gasteiger partial charge < -0.3 is 4.90 Å². The number of benzene rings is 1. The van der Waals surface area contributed by atoms with E-state index < -0.39 is 0 Å². The van der Waals surface area contributed by atoms with Crippen LogP contribution in [0.15, 0.2) is 24.3 Å². The number of amides is 1. The molecule has 17 heavy (non-hydrogen) atoms. The monoisotopic (exact) mass is 297 g/mol. The lowest BCUT2D eigenvalue weighted by atomic mass is 10.0. The standard InChI is InChI=1S/C14H20BrNO/c1-11-5-7-12(8-6-11)9-13(17)16(4)14(2,3)10-15/h5-8H,9-10H2,1-4H3. The summed E-state index contributed by atoms with van der Waals surface area (Å²) in [7, 11) is 1.86. The highest BCUT2D eigenvalue weighted by atomic mass is 79.9. The summed E-state index contributed by atoms with van der Waals surface area (Å²) in [6.45, 7) is 6.15. The van der Waals surface area contributed by atoms with Gasteiger partial charge in [-0.1, -0.05) is 45.8 Å². The number of carbonyl (C=O) groups excluding carboxylic acids is 1. The number of hydrogen-bond donors (Lipinski definition) is 0. The molecule has 0 fully saturated rings. The van der Waals surface area contributed by atoms with Crippen molar-refractivity contribution < 1.29 is 4.79 Å². The first-order valence-electron chi connectivity index (χ1n) is 5.75. The van der Waals surface area contributed by atoms with E-state index in [-0.39, 0.29) is 11.4 Å². The van der Waals surface area contributed by atoms with Crippen LogP contribution < -0.4 is 0 Å². The number of halogens is 1. The zero-order valence-electron chi connectivity index (χ0n) is 11.0. The van der Waals surface area contributed by atoms with Crippen molar-refractivity contribution in [2.75, 3.05) is 12.4 Å². The van der Waals surface area contributed by atoms with Crippen LogP contribution in [0.4, 0.5) is 0 Å². The zero-order chi connectivity index (χ0) is 13.1. The molecule has 1 aromatic carbocycles. The van der Waals surface area contributed by atoms with E-state index in [0.29, 0.717) is 6.42 Å². The summed E-state index contributed by atoms with van der Waals surface area (Å²) in [5.41, 5.74) is 2.13. The Morgan fingerprint density at radius 1 is 1.29 bits per heavy atom. The van der Waals surface area contributed by atoms with Crippen LogP contribution in [0.3, 0.4) is 0 Å². The third-order valence-electron chi connectivity index (χ3n) is 3.09. The Kier molecular flexibility index (Phi) is 4.75. The molecule has 0 N–H and O–H groups in total. The van der Waals surface area contributed by atoms with Crippen molar-refractivity contribution in [3.05, 3.63) is 35.4 Å². The van der Waals surface area contributed by atoms with Crippen LogP contribution in [0.2, 0.25) is 0 Å². The van der Waals surface area contributed by atoms with E-state index in [1.54, 1.807) is 0 Å². The van der Waals surface area contributed by atoms with Crippen molar-refractivity contribution in [3.63, 3.8) is 0 Å². The molecule has 0 spiro atoms. The molecule has 1 amide bonds. The third kappa shape index (κ3) is 3.84. The van der Waals surface area contributed by atoms with Gasteiger partial charge in [0.1, 0.15) is 0 Å². The fourth-order valence-electron chi connectivity index (χ4n) is 1.43. The minimum atomic E-state index is -0.151. The number of likely N-dealkylation sites (N-methyl/N-ethyl adjacent to an activating group) is 1. The average molecular weight is 298 g/mol. The normalized spacial score (nSPS) is 11.4. The molecule has 0 aliphatic heterocycles. The molecule has 0 bridgehead atoms. The number of alkyl halides is 1. The van der Waals surface area contributed by atoms with Gasteiger partial charge in [0.15, 0.2) is 0 Å². The second kappa shape index (κ2) is 5.67. The molecule has 0 heterocycles. The lowest BCUT2D eigenvalue weighted by Crippen LogP contribution is -2.46. The van der Waals surface area contributed by atoms with E-state index in [4.69, 9.17) is 0 Å². The van der Waals surface area contributed by atoms with Gasteiger partial charge in [0.25, 0.3) is 0 Å². The Hall–Kier alpha value is -0.830. The maximum Gasteiger partial charge on any atom is 0.227 e. The summed E-state index contributed by atoms with van der Waals surface area (Å²) < 4.78 is 0. The molecule has 2 nitrogen and oxygen atoms in total. The van der Waals surface area contributed by atoms with Gasteiger partial charge in [-0.2, -0.15) is 0 Å². The van der Waals surface area contributed by atoms with E-state index in [1.807, 2.05) is 43.1 Å². The highest BCUT2D eigenvalue weighted by molar-refractivity contribution is 9.09. The smallest absolute Gasteiger partial charge is 0.227 e. The highest BCUT2D eigenvalue weighted by Crippen LogP contribution is 2.16. The van der Waals surface area contributed by atoms with Crippen LogP contribution in [0, 0.1) is 6.92 Å². The summed E-state index contributed by atoms with van der Waals surface area (Å²) in [6, 6.07) is 8.11. The largest absolute Gasteiger partial charge is 0.340 e. The topological polar surface area (TPSA) is 20.3 Å². The second-order valence-corrected chi connectivity index (χ2v) is 5.62. The van der Waals surface area contributed by atoms with Crippen LogP contribution in [-0.4, -0.2) is 28.7 Å². The molecule has 1 aromatic rings. The summed E-state index contributed by atoms with van der Waals surface area (Å²) in [5, 5.41) is 0.774. The van der Waals surface area contributed by atoms with Crippen molar-refractivity contribution in [3.8, 4) is 0 Å². The first-order chi connectivity index (χ1) is 7.86. The first-order valence-corrected chi connectivity index (χ1v) is 6.87. The number of nitrogens with zero attached hydrogens (tertiary/aromatic N) is 1. The van der Waals surface area contributed by atoms with Gasteiger partial charge in [-0.25, -0.2) is 0 Å². The molecule has 3 heteroatoms. The fraction of sp³-hybridized carbons (Fsp3) is 0.500. The maximum absolute atomic E-state index is 12.1. The average Bonchev–Trinajstić information content (AvgIpc) is 2.31. The van der Waals surface area contributed by atoms with Crippen LogP contribution >= 0.6 is 15.9 Å². The first kappa shape index (κ1) is 14.2. The zero-order valence-corrected chi connectivity index (χ0v) is 12.5. The summed E-state index contributed by atoms with van der Waals surface area (Å²) >= 11 is 3.44. The molecule has 94 valence electrons. The van der Waals surface area contributed by atoms with Crippen molar-refractivity contribution in [2.24, 2.45) is 0 Å². The van der Waals surface area contributed by atoms with Gasteiger partial charge in [0.05, 0.1) is 6.42 Å². The van der Waals surface area contributed by atoms with Gasteiger partial charge in [-0.3, -0.25) is 4.79 Å². The quantitative estimate of drug-likeness (QED) is 0.782. The molecule has 0 radical (unpaired) electrons. The van der Waals surface area contributed by atoms with Crippen molar-refractivity contribution in [2.45, 2.75) is 32.7 Å². The summed E-state index contributed by atoms with van der Waals surface area (Å²) in [6.07, 6.45) is 0.465. The molecule has 0 atom stereocenters. The van der Waals surface area contributed by atoms with Crippen molar-refractivity contribution in [1.82, 2.24) is 4.90 Å². The van der Waals surface area contributed by atoms with E-state index >= 15 is 0 Å². The predicted octanol–water partition coefficient (Wildman–Crippen LogP) is 3.17. The Balaban J connectivity index is 2.69. The molecule has 0 saturated heterocycles. The van der Waals surface area contributed by atoms with Crippen LogP contribution in [0.5, 0.6) is 0 Å². The van der Waals surface area contributed by atoms with Gasteiger partial charge in [-0.05, 0) is 26.3 Å². The number of carbonyl (C=O) groups is 1. The van der Waals surface area contributed by atoms with E-state index in [0.717, 1.165) is 10.9 Å². The number of rotatable bonds is 4. The van der Waals surface area contributed by atoms with Gasteiger partial charge in [0.2, 0.25) is 5.91 Å². The lowest BCUT2D eigenvalue weighted by molar-refractivity contribution is -0.133. The highest BCUT2D eigenvalue weighted by Gasteiger charge is 2.26. The van der Waals surface area contributed by atoms with E-state index in [2.05, 4.69) is 29.8 Å². The molecular formula is C14H20BrNO. The molecule has 0 aliphatic rings. The van der Waals surface area contributed by atoms with Gasteiger partial charge in [0, 0.05) is 17.9 Å². The van der Waals surface area contributed by atoms with Crippen LogP contribution in [0.25, 0.3) is 0 Å². The van der Waals surface area contributed by atoms with Crippen LogP contribution in [-0.2, 0) is 11.2 Å². The minimum Gasteiger partial charge on any atom is -0.340 e. The van der Waals surface area contributed by atoms with E-state index in [1.165, 1.54) is 5.56 Å². The molecule has 0 saturated carbocycles. The van der Waals surface area contributed by atoms with Gasteiger partial charge in [-0.15, -0.1) is 0 Å². The Morgan fingerprint density at radius 3 is 2.29 bits per heavy atom. The molecular weight excluding hydrogens is 278 g/mol. The molecule has 0 aliphatic carbocycles. The Morgan fingerprint density at radius 2 is 1.82 bits per heavy atom. The fourth-order valence-corrected chi connectivity index (χ4v) is 1.80. The number of hydrogen-bond acceptors (Lipinski definition) is 1. The SMILES string of the molecule is Cc1ccc(CC(=O)N(C)C(C)(C)CBr)cc1. The van der Waals surface area contributed by atoms with Crippen molar-refractivity contribution >= 4 is 21.8 Å². The minimum absolute atomic E-state index is 0.151. The van der Waals surface area contributed by atoms with Crippen molar-refractivity contribution in [1.29, 1.82) is 0 Å². The van der Waals surface area contributed by atoms with Crippen LogP contribution in [0.1, 0.15) is 25.0 Å². The van der Waals surface area contributed by atoms with E-state index in [9.17, 15) is 4.79 Å². The predicted molar refractivity (Wildman–Crippen MR) is 75.5 cm³/mol. The Labute approximate surface area is 112 Å². The summed E-state index contributed by atoms with van der Waals surface area (Å²) in [4.78, 5) is 13.9. The lowest BCUT2D eigenvalue weighted by Gasteiger charge is -2.34. The maximum atomic E-state index is 12.1. The Bertz CT molecular complexity index is 384. The second-order valence-electron chi connectivity index (χ2n) is 5.06. The number of aryl methyl sites for hydroxylation is 1. The molecule has 1 rings (SSSR count). The molecule has 0 aromatic heterocycles.